The van der Waals surface area contributed by atoms with Crippen molar-refractivity contribution in [2.75, 3.05) is 20.6 Å². The highest BCUT2D eigenvalue weighted by Gasteiger charge is 2.27. The molecule has 1 N–H and O–H groups in total. The predicted molar refractivity (Wildman–Crippen MR) is 51.0 cm³/mol. The van der Waals surface area contributed by atoms with Crippen LogP contribution in [-0.2, 0) is 4.79 Å². The van der Waals surface area contributed by atoms with Crippen LogP contribution in [0.3, 0.4) is 0 Å². The van der Waals surface area contributed by atoms with E-state index >= 15 is 0 Å². The summed E-state index contributed by atoms with van der Waals surface area (Å²) in [5.74, 6) is 0.00486. The van der Waals surface area contributed by atoms with Crippen LogP contribution in [0.15, 0.2) is 0 Å². The van der Waals surface area contributed by atoms with Gasteiger partial charge in [-0.25, -0.2) is 0 Å². The van der Waals surface area contributed by atoms with Crippen molar-refractivity contribution in [3.63, 3.8) is 0 Å². The van der Waals surface area contributed by atoms with E-state index in [0.29, 0.717) is 13.0 Å². The lowest BCUT2D eigenvalue weighted by atomic mass is 10.0. The van der Waals surface area contributed by atoms with Gasteiger partial charge in [0.2, 0.25) is 5.91 Å². The van der Waals surface area contributed by atoms with Crippen LogP contribution in [0.1, 0.15) is 20.3 Å². The van der Waals surface area contributed by atoms with Crippen LogP contribution in [0, 0.1) is 11.3 Å². The summed E-state index contributed by atoms with van der Waals surface area (Å²) in [6.45, 7) is 4.12. The average molecular weight is 183 g/mol. The summed E-state index contributed by atoms with van der Waals surface area (Å²) < 4.78 is 0. The molecule has 0 rings (SSSR count). The molecule has 0 unspecified atom stereocenters. The fourth-order valence-corrected chi connectivity index (χ4v) is 0.903. The molecule has 0 saturated carbocycles. The van der Waals surface area contributed by atoms with Gasteiger partial charge in [0.15, 0.2) is 0 Å². The number of hydrogen-bond acceptors (Lipinski definition) is 3. The van der Waals surface area contributed by atoms with E-state index in [4.69, 9.17) is 5.26 Å². The lowest BCUT2D eigenvalue weighted by Gasteiger charge is -2.28. The minimum absolute atomic E-state index is 0.00486. The second-order valence-electron chi connectivity index (χ2n) is 3.51. The molecule has 0 aromatic carbocycles. The number of carbonyl (C=O) groups excluding carboxylic acids is 1. The minimum Gasteiger partial charge on any atom is -0.343 e. The van der Waals surface area contributed by atoms with E-state index in [1.54, 1.807) is 19.0 Å². The summed E-state index contributed by atoms with van der Waals surface area (Å²) in [5.41, 5.74) is -0.551. The molecule has 0 aliphatic rings. The van der Waals surface area contributed by atoms with Crippen molar-refractivity contribution in [3.8, 4) is 6.07 Å². The summed E-state index contributed by atoms with van der Waals surface area (Å²) in [4.78, 5) is 13.2. The summed E-state index contributed by atoms with van der Waals surface area (Å²) in [5, 5.41) is 11.3. The van der Waals surface area contributed by atoms with Gasteiger partial charge in [-0.05, 0) is 20.9 Å². The number of carbonyl (C=O) groups is 1. The van der Waals surface area contributed by atoms with E-state index in [-0.39, 0.29) is 5.91 Å². The third-order valence-electron chi connectivity index (χ3n) is 2.07. The molecule has 0 saturated heterocycles. The van der Waals surface area contributed by atoms with Gasteiger partial charge in [-0.2, -0.15) is 5.26 Å². The van der Waals surface area contributed by atoms with Crippen LogP contribution >= 0.6 is 0 Å². The van der Waals surface area contributed by atoms with Gasteiger partial charge in [0.1, 0.15) is 0 Å². The fraction of sp³-hybridized carbons (Fsp3) is 0.778. The van der Waals surface area contributed by atoms with Gasteiger partial charge in [0, 0.05) is 13.6 Å². The Balaban J connectivity index is 4.19. The highest BCUT2D eigenvalue weighted by Crippen LogP contribution is 2.05. The first-order valence-corrected chi connectivity index (χ1v) is 4.27. The lowest BCUT2D eigenvalue weighted by Crippen LogP contribution is -2.51. The Morgan fingerprint density at radius 3 is 2.54 bits per heavy atom. The molecule has 4 heteroatoms. The molecule has 0 radical (unpaired) electrons. The quantitative estimate of drug-likeness (QED) is 0.684. The Bertz CT molecular complexity index is 217. The second-order valence-corrected chi connectivity index (χ2v) is 3.51. The van der Waals surface area contributed by atoms with Crippen LogP contribution in [0.2, 0.25) is 0 Å². The first-order chi connectivity index (χ1) is 5.95. The molecule has 0 aliphatic carbocycles. The molecular weight excluding hydrogens is 166 g/mol. The van der Waals surface area contributed by atoms with Crippen molar-refractivity contribution in [3.05, 3.63) is 0 Å². The molecule has 0 aliphatic heterocycles. The molecular formula is C9H17N3O. The van der Waals surface area contributed by atoms with Crippen LogP contribution in [0.4, 0.5) is 0 Å². The van der Waals surface area contributed by atoms with Gasteiger partial charge in [-0.3, -0.25) is 4.79 Å². The number of nitriles is 1. The first kappa shape index (κ1) is 11.9. The maximum absolute atomic E-state index is 11.7. The summed E-state index contributed by atoms with van der Waals surface area (Å²) in [6.07, 6.45) is 0.377. The fourth-order valence-electron chi connectivity index (χ4n) is 0.903. The zero-order valence-corrected chi connectivity index (χ0v) is 8.72. The van der Waals surface area contributed by atoms with E-state index in [1.165, 1.54) is 0 Å². The topological polar surface area (TPSA) is 56.1 Å². The van der Waals surface area contributed by atoms with Gasteiger partial charge in [-0.15, -0.1) is 0 Å². The molecule has 1 amide bonds. The Hall–Kier alpha value is -1.08. The number of nitrogens with zero attached hydrogens (tertiary/aromatic N) is 2. The average Bonchev–Trinajstić information content (AvgIpc) is 2.12. The number of likely N-dealkylation sites (N-methyl/N-ethyl adjacent to an activating group) is 2. The van der Waals surface area contributed by atoms with Crippen molar-refractivity contribution in [1.29, 1.82) is 5.26 Å². The Kier molecular flexibility index (Phi) is 4.43. The maximum atomic E-state index is 11.7. The van der Waals surface area contributed by atoms with Crippen molar-refractivity contribution < 1.29 is 4.79 Å². The first-order valence-electron chi connectivity index (χ1n) is 4.27. The summed E-state index contributed by atoms with van der Waals surface area (Å²) >= 11 is 0. The Morgan fingerprint density at radius 2 is 2.15 bits per heavy atom. The monoisotopic (exact) mass is 183 g/mol. The van der Waals surface area contributed by atoms with E-state index in [9.17, 15) is 4.79 Å². The van der Waals surface area contributed by atoms with Crippen LogP contribution in [0.5, 0.6) is 0 Å². The third kappa shape index (κ3) is 3.43. The van der Waals surface area contributed by atoms with Crippen LogP contribution in [-0.4, -0.2) is 37.0 Å². The van der Waals surface area contributed by atoms with Crippen LogP contribution < -0.4 is 5.32 Å². The van der Waals surface area contributed by atoms with Crippen molar-refractivity contribution in [2.24, 2.45) is 0 Å². The number of rotatable bonds is 4. The van der Waals surface area contributed by atoms with E-state index in [1.807, 2.05) is 19.9 Å². The van der Waals surface area contributed by atoms with Gasteiger partial charge < -0.3 is 10.2 Å². The number of nitrogens with one attached hydrogen (secondary N) is 1. The largest absolute Gasteiger partial charge is 0.343 e. The lowest BCUT2D eigenvalue weighted by molar-refractivity contribution is -0.135. The SMILES string of the molecule is CNC(C)(C)C(=O)N(C)CCC#N. The zero-order chi connectivity index (χ0) is 10.5. The Morgan fingerprint density at radius 1 is 1.62 bits per heavy atom. The van der Waals surface area contributed by atoms with Gasteiger partial charge in [-0.1, -0.05) is 0 Å². The van der Waals surface area contributed by atoms with Crippen molar-refractivity contribution >= 4 is 5.91 Å². The second kappa shape index (κ2) is 4.83. The van der Waals surface area contributed by atoms with E-state index in [2.05, 4.69) is 5.32 Å². The highest BCUT2D eigenvalue weighted by atomic mass is 16.2. The molecule has 0 heterocycles. The van der Waals surface area contributed by atoms with Gasteiger partial charge in [0.05, 0.1) is 18.0 Å². The minimum atomic E-state index is -0.551. The Labute approximate surface area is 79.5 Å². The molecule has 0 fully saturated rings. The third-order valence-corrected chi connectivity index (χ3v) is 2.07. The highest BCUT2D eigenvalue weighted by molar-refractivity contribution is 5.85. The summed E-state index contributed by atoms with van der Waals surface area (Å²) in [6, 6.07) is 2.01. The molecule has 0 spiro atoms. The molecule has 74 valence electrons. The predicted octanol–water partition coefficient (Wildman–Crippen LogP) is 0.356. The molecule has 0 bridgehead atoms. The molecule has 0 atom stereocenters. The molecule has 0 aromatic heterocycles. The number of amides is 1. The molecule has 0 aromatic rings. The van der Waals surface area contributed by atoms with E-state index < -0.39 is 5.54 Å². The van der Waals surface area contributed by atoms with Crippen molar-refractivity contribution in [1.82, 2.24) is 10.2 Å². The van der Waals surface area contributed by atoms with Gasteiger partial charge in [0.25, 0.3) is 0 Å². The van der Waals surface area contributed by atoms with Gasteiger partial charge >= 0.3 is 0 Å². The molecule has 13 heavy (non-hydrogen) atoms. The van der Waals surface area contributed by atoms with Crippen LogP contribution in [0.25, 0.3) is 0 Å². The zero-order valence-electron chi connectivity index (χ0n) is 8.72. The standard InChI is InChI=1S/C9H17N3O/c1-9(2,11-3)8(13)12(4)7-5-6-10/h11H,5,7H2,1-4H3. The van der Waals surface area contributed by atoms with Crippen molar-refractivity contribution in [2.45, 2.75) is 25.8 Å². The number of hydrogen-bond donors (Lipinski definition) is 1. The smallest absolute Gasteiger partial charge is 0.242 e. The van der Waals surface area contributed by atoms with E-state index in [0.717, 1.165) is 0 Å². The normalized spacial score (nSPS) is 10.7. The summed E-state index contributed by atoms with van der Waals surface area (Å²) in [7, 11) is 3.45. The molecule has 4 nitrogen and oxygen atoms in total. The maximum Gasteiger partial charge on any atom is 0.242 e.